The fraction of sp³-hybridized carbons (Fsp3) is 0.455. The Balaban J connectivity index is 0.00000220. The number of nitrogens with zero attached hydrogens (tertiary/aromatic N) is 5. The highest BCUT2D eigenvalue weighted by Crippen LogP contribution is 2.06. The second kappa shape index (κ2) is 6.22. The normalized spacial score (nSPS) is 10.4. The van der Waals surface area contributed by atoms with Gasteiger partial charge in [0, 0.05) is 27.2 Å². The lowest BCUT2D eigenvalue weighted by molar-refractivity contribution is 0.655. The summed E-state index contributed by atoms with van der Waals surface area (Å²) in [6.07, 6.45) is 2.20. The zero-order valence-corrected chi connectivity index (χ0v) is 11.9. The van der Waals surface area contributed by atoms with Crippen LogP contribution in [0.25, 0.3) is 11.2 Å². The molecule has 0 aliphatic rings. The molecule has 0 aliphatic heterocycles. The Morgan fingerprint density at radius 2 is 1.95 bits per heavy atom. The van der Waals surface area contributed by atoms with Gasteiger partial charge in [-0.1, -0.05) is 0 Å². The van der Waals surface area contributed by atoms with E-state index < -0.39 is 5.69 Å². The minimum atomic E-state index is -0.395. The van der Waals surface area contributed by atoms with Gasteiger partial charge in [0.2, 0.25) is 0 Å². The van der Waals surface area contributed by atoms with Crippen LogP contribution >= 0.6 is 0 Å². The highest BCUT2D eigenvalue weighted by Gasteiger charge is 2.13. The van der Waals surface area contributed by atoms with Gasteiger partial charge in [-0.15, -0.1) is 0 Å². The van der Waals surface area contributed by atoms with Crippen molar-refractivity contribution in [2.45, 2.75) is 13.0 Å². The van der Waals surface area contributed by atoms with E-state index in [1.807, 2.05) is 0 Å². The quantitative estimate of drug-likeness (QED) is 0.356. The van der Waals surface area contributed by atoms with Crippen molar-refractivity contribution in [3.63, 3.8) is 0 Å². The van der Waals surface area contributed by atoms with Crippen molar-refractivity contribution in [1.82, 2.24) is 18.7 Å². The molecule has 0 amide bonds. The second-order valence-corrected chi connectivity index (χ2v) is 4.48. The summed E-state index contributed by atoms with van der Waals surface area (Å²) in [7, 11) is 3.03. The number of aliphatic imine (C=N–C) groups is 1. The molecular weight excluding hydrogens is 278 g/mol. The average Bonchev–Trinajstić information content (AvgIpc) is 2.82. The topological polar surface area (TPSA) is 158 Å². The molecule has 2 aromatic heterocycles. The largest absolute Gasteiger partial charge is 0.412 e. The number of aryl methyl sites for hydroxylation is 2. The van der Waals surface area contributed by atoms with Crippen LogP contribution in [0.5, 0.6) is 0 Å². The summed E-state index contributed by atoms with van der Waals surface area (Å²) < 4.78 is 4.12. The van der Waals surface area contributed by atoms with Crippen LogP contribution in [0.2, 0.25) is 0 Å². The first-order valence-corrected chi connectivity index (χ1v) is 6.09. The Hall–Kier alpha value is -2.62. The molecule has 0 fully saturated rings. The molecule has 10 heteroatoms. The molecule has 0 unspecified atom stereocenters. The van der Waals surface area contributed by atoms with Gasteiger partial charge < -0.3 is 21.5 Å². The standard InChI is InChI=1S/C11H17N7O2.H2O/c1-16-8-7(9(19)17(2)11(16)20)18(6-15-8)5-3-4-14-10(12)13;/h6H,3-5H2,1-2H3,(H4,12,13,14);1H2. The van der Waals surface area contributed by atoms with Crippen molar-refractivity contribution in [1.29, 1.82) is 0 Å². The lowest BCUT2D eigenvalue weighted by atomic mass is 10.4. The molecule has 0 bridgehead atoms. The Morgan fingerprint density at radius 1 is 1.29 bits per heavy atom. The third kappa shape index (κ3) is 2.94. The first kappa shape index (κ1) is 16.4. The van der Waals surface area contributed by atoms with Crippen molar-refractivity contribution in [2.75, 3.05) is 6.54 Å². The third-order valence-electron chi connectivity index (χ3n) is 3.07. The number of guanidine groups is 1. The Labute approximate surface area is 119 Å². The van der Waals surface area contributed by atoms with E-state index in [1.165, 1.54) is 11.6 Å². The number of aromatic nitrogens is 4. The molecule has 0 atom stereocenters. The monoisotopic (exact) mass is 297 g/mol. The summed E-state index contributed by atoms with van der Waals surface area (Å²) in [5.74, 6) is 0.0406. The molecule has 21 heavy (non-hydrogen) atoms. The number of hydrogen-bond donors (Lipinski definition) is 2. The van der Waals surface area contributed by atoms with Crippen molar-refractivity contribution < 1.29 is 5.48 Å². The zero-order valence-electron chi connectivity index (χ0n) is 11.9. The van der Waals surface area contributed by atoms with Crippen LogP contribution in [0.1, 0.15) is 6.42 Å². The lowest BCUT2D eigenvalue weighted by Gasteiger charge is -2.05. The molecule has 0 saturated carbocycles. The smallest absolute Gasteiger partial charge is 0.332 e. The van der Waals surface area contributed by atoms with Crippen molar-refractivity contribution >= 4 is 17.1 Å². The van der Waals surface area contributed by atoms with E-state index in [0.29, 0.717) is 30.7 Å². The Kier molecular flexibility index (Phi) is 4.87. The Morgan fingerprint density at radius 3 is 2.57 bits per heavy atom. The van der Waals surface area contributed by atoms with Gasteiger partial charge >= 0.3 is 5.69 Å². The van der Waals surface area contributed by atoms with E-state index in [-0.39, 0.29) is 17.0 Å². The molecule has 0 spiro atoms. The maximum absolute atomic E-state index is 12.1. The first-order chi connectivity index (χ1) is 9.43. The predicted molar refractivity (Wildman–Crippen MR) is 79.1 cm³/mol. The zero-order chi connectivity index (χ0) is 14.9. The lowest BCUT2D eigenvalue weighted by Crippen LogP contribution is -2.37. The number of nitrogens with two attached hydrogens (primary N) is 2. The van der Waals surface area contributed by atoms with Crippen LogP contribution in [0.4, 0.5) is 0 Å². The van der Waals surface area contributed by atoms with Crippen LogP contribution in [0.15, 0.2) is 20.9 Å². The second-order valence-electron chi connectivity index (χ2n) is 4.48. The van der Waals surface area contributed by atoms with Gasteiger partial charge in [-0.3, -0.25) is 18.9 Å². The first-order valence-electron chi connectivity index (χ1n) is 6.09. The molecule has 0 radical (unpaired) electrons. The molecule has 116 valence electrons. The molecule has 2 aromatic rings. The van der Waals surface area contributed by atoms with Crippen molar-refractivity contribution in [3.05, 3.63) is 27.2 Å². The fourth-order valence-corrected chi connectivity index (χ4v) is 2.02. The molecule has 0 aliphatic carbocycles. The van der Waals surface area contributed by atoms with E-state index in [0.717, 1.165) is 4.57 Å². The highest BCUT2D eigenvalue weighted by molar-refractivity contribution is 5.75. The number of rotatable bonds is 4. The molecule has 10 nitrogen and oxygen atoms in total. The SMILES string of the molecule is Cn1c(=O)c2c(ncn2CCCN=C(N)N)n(C)c1=O.O. The van der Waals surface area contributed by atoms with E-state index in [2.05, 4.69) is 9.98 Å². The fourth-order valence-electron chi connectivity index (χ4n) is 2.02. The van der Waals surface area contributed by atoms with Crippen molar-refractivity contribution in [2.24, 2.45) is 30.6 Å². The molecule has 2 rings (SSSR count). The van der Waals surface area contributed by atoms with Crippen LogP contribution < -0.4 is 22.7 Å². The summed E-state index contributed by atoms with van der Waals surface area (Å²) in [5.41, 5.74) is 10.5. The van der Waals surface area contributed by atoms with Gasteiger partial charge in [0.1, 0.15) is 0 Å². The highest BCUT2D eigenvalue weighted by atomic mass is 16.2. The van der Waals surface area contributed by atoms with E-state index >= 15 is 0 Å². The predicted octanol–water partition coefficient (Wildman–Crippen LogP) is -2.73. The van der Waals surface area contributed by atoms with E-state index in [4.69, 9.17) is 11.5 Å². The Bertz CT molecular complexity index is 779. The van der Waals surface area contributed by atoms with E-state index in [9.17, 15) is 9.59 Å². The van der Waals surface area contributed by atoms with Crippen molar-refractivity contribution in [3.8, 4) is 0 Å². The van der Waals surface area contributed by atoms with Gasteiger partial charge in [-0.05, 0) is 6.42 Å². The van der Waals surface area contributed by atoms with Crippen LogP contribution in [-0.4, -0.2) is 36.7 Å². The van der Waals surface area contributed by atoms with E-state index in [1.54, 1.807) is 17.9 Å². The minimum absolute atomic E-state index is 0. The number of hydrogen-bond acceptors (Lipinski definition) is 4. The van der Waals surface area contributed by atoms with Crippen LogP contribution in [-0.2, 0) is 20.6 Å². The maximum Gasteiger partial charge on any atom is 0.332 e. The number of imidazole rings is 1. The van der Waals surface area contributed by atoms with Gasteiger partial charge in [0.25, 0.3) is 5.56 Å². The van der Waals surface area contributed by atoms with Gasteiger partial charge in [0.15, 0.2) is 17.1 Å². The summed E-state index contributed by atoms with van der Waals surface area (Å²) in [4.78, 5) is 31.9. The average molecular weight is 297 g/mol. The summed E-state index contributed by atoms with van der Waals surface area (Å²) in [6, 6.07) is 0. The molecular formula is C11H19N7O3. The third-order valence-corrected chi connectivity index (χ3v) is 3.07. The van der Waals surface area contributed by atoms with Gasteiger partial charge in [0.05, 0.1) is 6.33 Å². The molecule has 2 heterocycles. The van der Waals surface area contributed by atoms with Crippen LogP contribution in [0, 0.1) is 0 Å². The number of fused-ring (bicyclic) bond motifs is 1. The minimum Gasteiger partial charge on any atom is -0.412 e. The summed E-state index contributed by atoms with van der Waals surface area (Å²) in [6.45, 7) is 1.01. The molecule has 6 N–H and O–H groups in total. The molecule has 0 aromatic carbocycles. The van der Waals surface area contributed by atoms with Gasteiger partial charge in [-0.25, -0.2) is 9.78 Å². The summed E-state index contributed by atoms with van der Waals surface area (Å²) >= 11 is 0. The van der Waals surface area contributed by atoms with Gasteiger partial charge in [-0.2, -0.15) is 0 Å². The van der Waals surface area contributed by atoms with Crippen LogP contribution in [0.3, 0.4) is 0 Å². The summed E-state index contributed by atoms with van der Waals surface area (Å²) in [5, 5.41) is 0. The maximum atomic E-state index is 12.1. The molecule has 0 saturated heterocycles.